The Morgan fingerprint density at radius 1 is 0.364 bits per heavy atom. The van der Waals surface area contributed by atoms with Crippen molar-refractivity contribution in [2.75, 3.05) is 13.2 Å². The second-order valence-electron chi connectivity index (χ2n) is 16.0. The lowest BCUT2D eigenvalue weighted by molar-refractivity contribution is -0.167. The molecule has 55 heavy (non-hydrogen) atoms. The topological polar surface area (TPSA) is 78.9 Å². The minimum atomic E-state index is -0.770. The van der Waals surface area contributed by atoms with Crippen LogP contribution in [0.2, 0.25) is 0 Å². The summed E-state index contributed by atoms with van der Waals surface area (Å²) in [5, 5.41) is 0. The Morgan fingerprint density at radius 3 is 1.05 bits per heavy atom. The van der Waals surface area contributed by atoms with Crippen molar-refractivity contribution in [3.8, 4) is 0 Å². The van der Waals surface area contributed by atoms with Gasteiger partial charge in [-0.2, -0.15) is 0 Å². The zero-order chi connectivity index (χ0) is 40.1. The van der Waals surface area contributed by atoms with Crippen LogP contribution < -0.4 is 0 Å². The van der Waals surface area contributed by atoms with E-state index in [9.17, 15) is 14.4 Å². The molecule has 0 aliphatic heterocycles. The zero-order valence-corrected chi connectivity index (χ0v) is 36.7. The van der Waals surface area contributed by atoms with Crippen molar-refractivity contribution >= 4 is 17.9 Å². The van der Waals surface area contributed by atoms with E-state index in [2.05, 4.69) is 45.1 Å². The molecule has 0 heterocycles. The molecule has 0 fully saturated rings. The molecular formula is C49H90O6. The van der Waals surface area contributed by atoms with Crippen molar-refractivity contribution in [1.29, 1.82) is 0 Å². The summed E-state index contributed by atoms with van der Waals surface area (Å²) < 4.78 is 16.7. The van der Waals surface area contributed by atoms with Crippen LogP contribution in [-0.2, 0) is 28.6 Å². The second-order valence-corrected chi connectivity index (χ2v) is 16.0. The molecule has 0 aliphatic carbocycles. The normalized spacial score (nSPS) is 12.1. The highest BCUT2D eigenvalue weighted by atomic mass is 16.6. The summed E-state index contributed by atoms with van der Waals surface area (Å²) in [4.78, 5) is 37.6. The molecule has 1 unspecified atom stereocenters. The number of carbonyl (C=O) groups is 3. The fourth-order valence-corrected chi connectivity index (χ4v) is 6.81. The number of unbranched alkanes of at least 4 members (excludes halogenated alkanes) is 28. The smallest absolute Gasteiger partial charge is 0.306 e. The monoisotopic (exact) mass is 775 g/mol. The molecule has 0 bridgehead atoms. The first kappa shape index (κ1) is 52.9. The van der Waals surface area contributed by atoms with Crippen molar-refractivity contribution < 1.29 is 28.6 Å². The van der Waals surface area contributed by atoms with Crippen molar-refractivity contribution in [3.63, 3.8) is 0 Å². The maximum absolute atomic E-state index is 12.7. The quantitative estimate of drug-likeness (QED) is 0.0266. The minimum Gasteiger partial charge on any atom is -0.462 e. The van der Waals surface area contributed by atoms with Crippen LogP contribution in [0.25, 0.3) is 0 Å². The zero-order valence-electron chi connectivity index (χ0n) is 36.7. The highest BCUT2D eigenvalue weighted by Gasteiger charge is 2.19. The SMILES string of the molecule is CCCC/C=C\C/C=C\CCCCCCCC(=O)OC(COC(=O)CCCCCCCC)COC(=O)CCCCCCCCCCCCCCCCCCC. The minimum absolute atomic E-state index is 0.0735. The third kappa shape index (κ3) is 42.9. The first-order chi connectivity index (χ1) is 27.0. The number of esters is 3. The van der Waals surface area contributed by atoms with Gasteiger partial charge in [-0.1, -0.05) is 212 Å². The van der Waals surface area contributed by atoms with E-state index in [-0.39, 0.29) is 31.1 Å². The Bertz CT molecular complexity index is 896. The van der Waals surface area contributed by atoms with Crippen LogP contribution in [-0.4, -0.2) is 37.2 Å². The molecule has 0 aliphatic rings. The molecule has 0 amide bonds. The molecule has 1 atom stereocenters. The molecule has 0 N–H and O–H groups in total. The third-order valence-corrected chi connectivity index (χ3v) is 10.5. The van der Waals surface area contributed by atoms with E-state index in [0.717, 1.165) is 83.5 Å². The number of carbonyl (C=O) groups excluding carboxylic acids is 3. The van der Waals surface area contributed by atoms with Crippen LogP contribution in [0, 0.1) is 0 Å². The summed E-state index contributed by atoms with van der Waals surface area (Å²) in [6.45, 7) is 6.54. The van der Waals surface area contributed by atoms with Gasteiger partial charge >= 0.3 is 17.9 Å². The van der Waals surface area contributed by atoms with Gasteiger partial charge in [0, 0.05) is 19.3 Å². The summed E-state index contributed by atoms with van der Waals surface area (Å²) in [5.41, 5.74) is 0. The van der Waals surface area contributed by atoms with Gasteiger partial charge in [0.25, 0.3) is 0 Å². The summed E-state index contributed by atoms with van der Waals surface area (Å²) in [5.74, 6) is -0.889. The summed E-state index contributed by atoms with van der Waals surface area (Å²) >= 11 is 0. The Morgan fingerprint density at radius 2 is 0.673 bits per heavy atom. The molecule has 0 radical (unpaired) electrons. The van der Waals surface area contributed by atoms with E-state index >= 15 is 0 Å². The lowest BCUT2D eigenvalue weighted by atomic mass is 10.0. The van der Waals surface area contributed by atoms with Crippen molar-refractivity contribution in [1.82, 2.24) is 0 Å². The van der Waals surface area contributed by atoms with Crippen LogP contribution in [0.1, 0.15) is 252 Å². The van der Waals surface area contributed by atoms with E-state index < -0.39 is 6.10 Å². The van der Waals surface area contributed by atoms with Crippen LogP contribution in [0.4, 0.5) is 0 Å². The lowest BCUT2D eigenvalue weighted by Crippen LogP contribution is -2.30. The highest BCUT2D eigenvalue weighted by molar-refractivity contribution is 5.71. The first-order valence-electron chi connectivity index (χ1n) is 23.8. The average molecular weight is 775 g/mol. The average Bonchev–Trinajstić information content (AvgIpc) is 3.18. The Labute approximate surface area is 341 Å². The van der Waals surface area contributed by atoms with E-state index in [1.54, 1.807) is 0 Å². The van der Waals surface area contributed by atoms with Crippen LogP contribution in [0.5, 0.6) is 0 Å². The van der Waals surface area contributed by atoms with E-state index in [4.69, 9.17) is 14.2 Å². The molecule has 0 aromatic carbocycles. The van der Waals surface area contributed by atoms with Gasteiger partial charge in [-0.25, -0.2) is 0 Å². The van der Waals surface area contributed by atoms with Gasteiger partial charge in [-0.15, -0.1) is 0 Å². The fourth-order valence-electron chi connectivity index (χ4n) is 6.81. The van der Waals surface area contributed by atoms with Crippen LogP contribution in [0.3, 0.4) is 0 Å². The van der Waals surface area contributed by atoms with E-state index in [0.29, 0.717) is 19.3 Å². The first-order valence-corrected chi connectivity index (χ1v) is 23.8. The van der Waals surface area contributed by atoms with Crippen molar-refractivity contribution in [2.24, 2.45) is 0 Å². The molecule has 0 rings (SSSR count). The number of hydrogen-bond acceptors (Lipinski definition) is 6. The molecule has 6 heteroatoms. The van der Waals surface area contributed by atoms with Crippen molar-refractivity contribution in [2.45, 2.75) is 258 Å². The number of ether oxygens (including phenoxy) is 3. The fraction of sp³-hybridized carbons (Fsp3) is 0.857. The number of allylic oxidation sites excluding steroid dienone is 4. The van der Waals surface area contributed by atoms with E-state index in [1.807, 2.05) is 0 Å². The predicted octanol–water partition coefficient (Wildman–Crippen LogP) is 15.2. The Hall–Kier alpha value is -2.11. The maximum Gasteiger partial charge on any atom is 0.306 e. The second kappa shape index (κ2) is 44.6. The van der Waals surface area contributed by atoms with Gasteiger partial charge in [-0.05, 0) is 44.9 Å². The number of hydrogen-bond donors (Lipinski definition) is 0. The summed E-state index contributed by atoms with van der Waals surface area (Å²) in [7, 11) is 0. The maximum atomic E-state index is 12.7. The molecule has 0 spiro atoms. The molecule has 0 saturated carbocycles. The molecule has 6 nitrogen and oxygen atoms in total. The molecule has 0 aromatic rings. The standard InChI is InChI=1S/C49H90O6/c1-4-7-10-13-16-18-20-22-24-25-26-28-29-31-33-36-39-42-48(51)54-45-46(44-53-47(50)41-38-35-15-12-9-6-3)55-49(52)43-40-37-34-32-30-27-23-21-19-17-14-11-8-5-2/h14,17,21,23,46H,4-13,15-16,18-20,22,24-45H2,1-3H3/b17-14-,23-21-. The largest absolute Gasteiger partial charge is 0.462 e. The third-order valence-electron chi connectivity index (χ3n) is 10.5. The summed E-state index contributed by atoms with van der Waals surface area (Å²) in [6, 6.07) is 0. The molecule has 0 aromatic heterocycles. The van der Waals surface area contributed by atoms with E-state index in [1.165, 1.54) is 128 Å². The van der Waals surface area contributed by atoms with Gasteiger partial charge in [0.2, 0.25) is 0 Å². The molecule has 322 valence electrons. The van der Waals surface area contributed by atoms with Gasteiger partial charge in [0.05, 0.1) is 0 Å². The molecule has 0 saturated heterocycles. The molecular weight excluding hydrogens is 685 g/mol. The van der Waals surface area contributed by atoms with Gasteiger partial charge in [0.1, 0.15) is 13.2 Å². The Kier molecular flexibility index (Phi) is 42.9. The van der Waals surface area contributed by atoms with Crippen LogP contribution in [0.15, 0.2) is 24.3 Å². The van der Waals surface area contributed by atoms with Gasteiger partial charge < -0.3 is 14.2 Å². The number of rotatable bonds is 43. The summed E-state index contributed by atoms with van der Waals surface area (Å²) in [6.07, 6.45) is 48.9. The lowest BCUT2D eigenvalue weighted by Gasteiger charge is -2.18. The van der Waals surface area contributed by atoms with Gasteiger partial charge in [0.15, 0.2) is 6.10 Å². The predicted molar refractivity (Wildman–Crippen MR) is 233 cm³/mol. The van der Waals surface area contributed by atoms with Gasteiger partial charge in [-0.3, -0.25) is 14.4 Å². The van der Waals surface area contributed by atoms with Crippen LogP contribution >= 0.6 is 0 Å². The van der Waals surface area contributed by atoms with Crippen molar-refractivity contribution in [3.05, 3.63) is 24.3 Å². The Balaban J connectivity index is 4.22. The highest BCUT2D eigenvalue weighted by Crippen LogP contribution is 2.15.